The Kier molecular flexibility index (Phi) is 4.96. The Morgan fingerprint density at radius 2 is 1.92 bits per heavy atom. The third-order valence-corrected chi connectivity index (χ3v) is 4.81. The van der Waals surface area contributed by atoms with Crippen LogP contribution in [-0.2, 0) is 11.3 Å². The summed E-state index contributed by atoms with van der Waals surface area (Å²) < 4.78 is 7.77. The SMILES string of the molecule is COc1ccc(NC(=O)CCCn2sc3ccccc3c2=O)cc1. The molecule has 0 atom stereocenters. The number of fused-ring (bicyclic) bond motifs is 1. The summed E-state index contributed by atoms with van der Waals surface area (Å²) in [5.74, 6) is 0.687. The molecule has 0 aliphatic rings. The lowest BCUT2D eigenvalue weighted by atomic mass is 10.2. The van der Waals surface area contributed by atoms with Crippen molar-refractivity contribution in [2.75, 3.05) is 12.4 Å². The van der Waals surface area contributed by atoms with Gasteiger partial charge in [-0.3, -0.25) is 13.5 Å². The Hall–Kier alpha value is -2.60. The van der Waals surface area contributed by atoms with Crippen LogP contribution in [0.4, 0.5) is 5.69 Å². The second-order valence-electron chi connectivity index (χ2n) is 5.37. The minimum atomic E-state index is -0.0608. The number of aryl methyl sites for hydroxylation is 1. The van der Waals surface area contributed by atoms with Crippen molar-refractivity contribution in [1.29, 1.82) is 0 Å². The van der Waals surface area contributed by atoms with Crippen molar-refractivity contribution in [3.05, 3.63) is 58.9 Å². The maximum Gasteiger partial charge on any atom is 0.268 e. The predicted molar refractivity (Wildman–Crippen MR) is 96.9 cm³/mol. The fourth-order valence-corrected chi connectivity index (χ4v) is 3.48. The lowest BCUT2D eigenvalue weighted by molar-refractivity contribution is -0.116. The van der Waals surface area contributed by atoms with E-state index in [1.54, 1.807) is 35.3 Å². The van der Waals surface area contributed by atoms with E-state index in [-0.39, 0.29) is 11.5 Å². The first kappa shape index (κ1) is 16.3. The molecule has 2 aromatic carbocycles. The van der Waals surface area contributed by atoms with Crippen LogP contribution in [0.3, 0.4) is 0 Å². The number of aromatic nitrogens is 1. The van der Waals surface area contributed by atoms with E-state index in [0.717, 1.165) is 21.5 Å². The zero-order chi connectivity index (χ0) is 16.9. The predicted octanol–water partition coefficient (Wildman–Crippen LogP) is 3.49. The van der Waals surface area contributed by atoms with Crippen molar-refractivity contribution in [3.63, 3.8) is 0 Å². The van der Waals surface area contributed by atoms with Gasteiger partial charge < -0.3 is 10.1 Å². The maximum atomic E-state index is 12.2. The molecule has 3 aromatic rings. The molecule has 0 unspecified atom stereocenters. The second kappa shape index (κ2) is 7.31. The lowest BCUT2D eigenvalue weighted by Crippen LogP contribution is -2.16. The van der Waals surface area contributed by atoms with Gasteiger partial charge in [0.1, 0.15) is 5.75 Å². The molecule has 5 nitrogen and oxygen atoms in total. The van der Waals surface area contributed by atoms with Gasteiger partial charge in [-0.05, 0) is 42.8 Å². The maximum absolute atomic E-state index is 12.2. The number of anilines is 1. The van der Waals surface area contributed by atoms with Gasteiger partial charge in [0.25, 0.3) is 5.56 Å². The van der Waals surface area contributed by atoms with Crippen LogP contribution in [0.2, 0.25) is 0 Å². The summed E-state index contributed by atoms with van der Waals surface area (Å²) in [6.07, 6.45) is 0.988. The molecule has 3 rings (SSSR count). The highest BCUT2D eigenvalue weighted by Gasteiger charge is 2.08. The molecule has 1 N–H and O–H groups in total. The summed E-state index contributed by atoms with van der Waals surface area (Å²) >= 11 is 1.44. The Balaban J connectivity index is 1.54. The fourth-order valence-electron chi connectivity index (χ4n) is 2.45. The zero-order valence-corrected chi connectivity index (χ0v) is 14.1. The van der Waals surface area contributed by atoms with Crippen LogP contribution in [-0.4, -0.2) is 17.0 Å². The van der Waals surface area contributed by atoms with Crippen LogP contribution in [0, 0.1) is 0 Å². The van der Waals surface area contributed by atoms with E-state index >= 15 is 0 Å². The smallest absolute Gasteiger partial charge is 0.268 e. The van der Waals surface area contributed by atoms with E-state index in [9.17, 15) is 9.59 Å². The summed E-state index contributed by atoms with van der Waals surface area (Å²) in [5.41, 5.74) is 0.756. The van der Waals surface area contributed by atoms with Crippen LogP contribution >= 0.6 is 11.5 Å². The van der Waals surface area contributed by atoms with Gasteiger partial charge in [-0.2, -0.15) is 0 Å². The monoisotopic (exact) mass is 342 g/mol. The Morgan fingerprint density at radius 1 is 1.17 bits per heavy atom. The van der Waals surface area contributed by atoms with Gasteiger partial charge in [0, 0.05) is 18.7 Å². The zero-order valence-electron chi connectivity index (χ0n) is 13.3. The number of carbonyl (C=O) groups excluding carboxylic acids is 1. The van der Waals surface area contributed by atoms with Crippen molar-refractivity contribution in [1.82, 2.24) is 3.96 Å². The quantitative estimate of drug-likeness (QED) is 0.746. The molecular weight excluding hydrogens is 324 g/mol. The number of nitrogens with one attached hydrogen (secondary N) is 1. The minimum absolute atomic E-state index is 0.0196. The van der Waals surface area contributed by atoms with Crippen molar-refractivity contribution < 1.29 is 9.53 Å². The average molecular weight is 342 g/mol. The highest BCUT2D eigenvalue weighted by atomic mass is 32.1. The van der Waals surface area contributed by atoms with Gasteiger partial charge in [-0.1, -0.05) is 23.7 Å². The Morgan fingerprint density at radius 3 is 2.62 bits per heavy atom. The van der Waals surface area contributed by atoms with Crippen LogP contribution < -0.4 is 15.6 Å². The number of ether oxygens (including phenoxy) is 1. The first-order chi connectivity index (χ1) is 11.7. The molecule has 6 heteroatoms. The van der Waals surface area contributed by atoms with Crippen LogP contribution in [0.25, 0.3) is 10.1 Å². The molecule has 124 valence electrons. The van der Waals surface area contributed by atoms with Gasteiger partial charge in [0.2, 0.25) is 5.91 Å². The standard InChI is InChI=1S/C18H18N2O3S/c1-23-14-10-8-13(9-11-14)19-17(21)7-4-12-20-18(22)15-5-2-3-6-16(15)24-20/h2-3,5-6,8-11H,4,7,12H2,1H3,(H,19,21). The number of nitrogens with zero attached hydrogens (tertiary/aromatic N) is 1. The Labute approximate surface area is 143 Å². The Bertz CT molecular complexity index is 897. The molecule has 0 saturated heterocycles. The molecule has 0 bridgehead atoms. The van der Waals surface area contributed by atoms with Gasteiger partial charge >= 0.3 is 0 Å². The van der Waals surface area contributed by atoms with Crippen molar-refractivity contribution in [2.45, 2.75) is 19.4 Å². The van der Waals surface area contributed by atoms with E-state index in [1.165, 1.54) is 11.5 Å². The molecular formula is C18H18N2O3S. The highest BCUT2D eigenvalue weighted by Crippen LogP contribution is 2.17. The molecule has 0 radical (unpaired) electrons. The number of hydrogen-bond donors (Lipinski definition) is 1. The van der Waals surface area contributed by atoms with E-state index in [2.05, 4.69) is 5.32 Å². The van der Waals surface area contributed by atoms with Crippen molar-refractivity contribution in [3.8, 4) is 5.75 Å². The topological polar surface area (TPSA) is 60.3 Å². The molecule has 0 fully saturated rings. The van der Waals surface area contributed by atoms with E-state index in [1.807, 2.05) is 24.3 Å². The van der Waals surface area contributed by atoms with Crippen molar-refractivity contribution in [2.24, 2.45) is 0 Å². The largest absolute Gasteiger partial charge is 0.497 e. The van der Waals surface area contributed by atoms with E-state index in [0.29, 0.717) is 19.4 Å². The van der Waals surface area contributed by atoms with Crippen molar-refractivity contribution >= 4 is 33.2 Å². The first-order valence-corrected chi connectivity index (χ1v) is 8.47. The summed E-state index contributed by atoms with van der Waals surface area (Å²) in [6, 6.07) is 14.8. The third-order valence-electron chi connectivity index (χ3n) is 3.69. The van der Waals surface area contributed by atoms with Gasteiger partial charge in [-0.25, -0.2) is 0 Å². The molecule has 24 heavy (non-hydrogen) atoms. The van der Waals surface area contributed by atoms with Gasteiger partial charge in [0.15, 0.2) is 0 Å². The number of amides is 1. The normalized spacial score (nSPS) is 10.7. The average Bonchev–Trinajstić information content (AvgIpc) is 2.92. The van der Waals surface area contributed by atoms with Crippen LogP contribution in [0.5, 0.6) is 5.75 Å². The number of carbonyl (C=O) groups is 1. The molecule has 0 aliphatic heterocycles. The number of methoxy groups -OCH3 is 1. The molecule has 0 saturated carbocycles. The highest BCUT2D eigenvalue weighted by molar-refractivity contribution is 7.13. The van der Waals surface area contributed by atoms with Gasteiger partial charge in [0.05, 0.1) is 17.2 Å². The van der Waals surface area contributed by atoms with Crippen LogP contribution in [0.1, 0.15) is 12.8 Å². The molecule has 0 spiro atoms. The van der Waals surface area contributed by atoms with E-state index < -0.39 is 0 Å². The third kappa shape index (κ3) is 3.65. The lowest BCUT2D eigenvalue weighted by Gasteiger charge is -2.06. The molecule has 1 amide bonds. The van der Waals surface area contributed by atoms with Crippen LogP contribution in [0.15, 0.2) is 53.3 Å². The number of hydrogen-bond acceptors (Lipinski definition) is 4. The summed E-state index contributed by atoms with van der Waals surface area (Å²) in [7, 11) is 1.60. The second-order valence-corrected chi connectivity index (χ2v) is 6.44. The fraction of sp³-hybridized carbons (Fsp3) is 0.222. The van der Waals surface area contributed by atoms with Gasteiger partial charge in [-0.15, -0.1) is 0 Å². The summed E-state index contributed by atoms with van der Waals surface area (Å²) in [4.78, 5) is 24.2. The first-order valence-electron chi connectivity index (χ1n) is 7.70. The summed E-state index contributed by atoms with van der Waals surface area (Å²) in [6.45, 7) is 0.550. The molecule has 1 aromatic heterocycles. The minimum Gasteiger partial charge on any atom is -0.497 e. The number of benzene rings is 2. The summed E-state index contributed by atoms with van der Waals surface area (Å²) in [5, 5.41) is 3.58. The molecule has 1 heterocycles. The molecule has 0 aliphatic carbocycles. The number of rotatable bonds is 6. The van der Waals surface area contributed by atoms with E-state index in [4.69, 9.17) is 4.74 Å².